The summed E-state index contributed by atoms with van der Waals surface area (Å²) in [5, 5.41) is 8.73. The average Bonchev–Trinajstić information content (AvgIpc) is 2.15. The first-order valence-corrected chi connectivity index (χ1v) is 4.12. The van der Waals surface area contributed by atoms with Crippen LogP contribution in [0.15, 0.2) is 18.2 Å². The van der Waals surface area contributed by atoms with Crippen LogP contribution in [-0.2, 0) is 4.79 Å². The summed E-state index contributed by atoms with van der Waals surface area (Å²) in [5.74, 6) is -1.89. The number of aliphatic carboxylic acids is 1. The predicted molar refractivity (Wildman–Crippen MR) is 49.0 cm³/mol. The smallest absolute Gasteiger partial charge is 0.310 e. The van der Waals surface area contributed by atoms with E-state index < -0.39 is 17.7 Å². The number of halogens is 1. The second-order valence-corrected chi connectivity index (χ2v) is 2.98. The molecule has 4 heteroatoms. The highest BCUT2D eigenvalue weighted by molar-refractivity contribution is 5.75. The molecule has 76 valence electrons. The van der Waals surface area contributed by atoms with Crippen molar-refractivity contribution in [2.75, 3.05) is 7.11 Å². The third kappa shape index (κ3) is 2.22. The third-order valence-corrected chi connectivity index (χ3v) is 2.00. The molecule has 0 aromatic heterocycles. The molecule has 1 aromatic carbocycles. The van der Waals surface area contributed by atoms with Crippen molar-refractivity contribution in [1.82, 2.24) is 0 Å². The van der Waals surface area contributed by atoms with Crippen LogP contribution in [0.2, 0.25) is 0 Å². The molecule has 0 fully saturated rings. The van der Waals surface area contributed by atoms with Crippen molar-refractivity contribution < 1.29 is 19.0 Å². The lowest BCUT2D eigenvalue weighted by atomic mass is 10.0. The summed E-state index contributed by atoms with van der Waals surface area (Å²) in [4.78, 5) is 10.6. The summed E-state index contributed by atoms with van der Waals surface area (Å²) in [6.07, 6.45) is 0. The van der Waals surface area contributed by atoms with Crippen LogP contribution in [0.25, 0.3) is 0 Å². The summed E-state index contributed by atoms with van der Waals surface area (Å²) in [6.45, 7) is 1.50. The van der Waals surface area contributed by atoms with E-state index in [-0.39, 0.29) is 0 Å². The van der Waals surface area contributed by atoms with Crippen LogP contribution in [0.5, 0.6) is 5.75 Å². The van der Waals surface area contributed by atoms with Crippen molar-refractivity contribution in [2.45, 2.75) is 12.8 Å². The van der Waals surface area contributed by atoms with E-state index in [1.807, 2.05) is 0 Å². The summed E-state index contributed by atoms with van der Waals surface area (Å²) in [7, 11) is 1.41. The van der Waals surface area contributed by atoms with Gasteiger partial charge in [0.05, 0.1) is 13.0 Å². The van der Waals surface area contributed by atoms with Crippen molar-refractivity contribution in [1.29, 1.82) is 0 Å². The van der Waals surface area contributed by atoms with Crippen LogP contribution in [0.3, 0.4) is 0 Å². The van der Waals surface area contributed by atoms with Crippen LogP contribution in [0.1, 0.15) is 18.4 Å². The molecule has 0 aliphatic rings. The van der Waals surface area contributed by atoms with E-state index in [4.69, 9.17) is 9.84 Å². The van der Waals surface area contributed by atoms with E-state index >= 15 is 0 Å². The molecule has 0 spiro atoms. The first kappa shape index (κ1) is 10.5. The molecule has 0 bridgehead atoms. The standard InChI is InChI=1S/C10H11FO3/c1-6(10(12)13)7-3-8(11)5-9(4-7)14-2/h3-6H,1-2H3,(H,12,13). The molecule has 14 heavy (non-hydrogen) atoms. The number of benzene rings is 1. The van der Waals surface area contributed by atoms with Crippen LogP contribution in [-0.4, -0.2) is 18.2 Å². The predicted octanol–water partition coefficient (Wildman–Crippen LogP) is 2.02. The normalized spacial score (nSPS) is 12.2. The third-order valence-electron chi connectivity index (χ3n) is 2.00. The maximum atomic E-state index is 13.0. The molecule has 0 saturated carbocycles. The SMILES string of the molecule is COc1cc(F)cc(C(C)C(=O)O)c1. The molecule has 3 nitrogen and oxygen atoms in total. The van der Waals surface area contributed by atoms with E-state index in [9.17, 15) is 9.18 Å². The maximum Gasteiger partial charge on any atom is 0.310 e. The van der Waals surface area contributed by atoms with Crippen molar-refractivity contribution in [2.24, 2.45) is 0 Å². The molecule has 1 N–H and O–H groups in total. The van der Waals surface area contributed by atoms with E-state index in [2.05, 4.69) is 0 Å². The van der Waals surface area contributed by atoms with E-state index in [0.29, 0.717) is 11.3 Å². The first-order chi connectivity index (χ1) is 6.54. The second kappa shape index (κ2) is 4.09. The minimum atomic E-state index is -0.988. The fourth-order valence-electron chi connectivity index (χ4n) is 1.09. The van der Waals surface area contributed by atoms with Crippen LogP contribution >= 0.6 is 0 Å². The minimum Gasteiger partial charge on any atom is -0.497 e. The Hall–Kier alpha value is -1.58. The highest BCUT2D eigenvalue weighted by Gasteiger charge is 2.15. The fraction of sp³-hybridized carbons (Fsp3) is 0.300. The Balaban J connectivity index is 3.08. The number of hydrogen-bond donors (Lipinski definition) is 1. The molecular weight excluding hydrogens is 187 g/mol. The van der Waals surface area contributed by atoms with Gasteiger partial charge >= 0.3 is 5.97 Å². The minimum absolute atomic E-state index is 0.327. The Bertz CT molecular complexity index is 349. The molecule has 1 aromatic rings. The van der Waals surface area contributed by atoms with Gasteiger partial charge in [0.15, 0.2) is 0 Å². The van der Waals surface area contributed by atoms with E-state index in [1.54, 1.807) is 0 Å². The Morgan fingerprint density at radius 1 is 1.50 bits per heavy atom. The fourth-order valence-corrected chi connectivity index (χ4v) is 1.09. The molecule has 0 heterocycles. The highest BCUT2D eigenvalue weighted by Crippen LogP contribution is 2.22. The Labute approximate surface area is 81.1 Å². The summed E-state index contributed by atoms with van der Waals surface area (Å²) in [5.41, 5.74) is 0.398. The van der Waals surface area contributed by atoms with Crippen molar-refractivity contribution in [3.05, 3.63) is 29.6 Å². The molecule has 0 aliphatic heterocycles. The maximum absolute atomic E-state index is 13.0. The van der Waals surface area contributed by atoms with Gasteiger partial charge in [-0.15, -0.1) is 0 Å². The summed E-state index contributed by atoms with van der Waals surface area (Å²) >= 11 is 0. The van der Waals surface area contributed by atoms with Gasteiger partial charge in [-0.05, 0) is 24.6 Å². The summed E-state index contributed by atoms with van der Waals surface area (Å²) in [6, 6.07) is 3.92. The lowest BCUT2D eigenvalue weighted by molar-refractivity contribution is -0.138. The molecule has 0 saturated heterocycles. The van der Waals surface area contributed by atoms with Crippen LogP contribution in [0, 0.1) is 5.82 Å². The number of carboxylic acids is 1. The van der Waals surface area contributed by atoms with Gasteiger partial charge in [-0.25, -0.2) is 4.39 Å². The topological polar surface area (TPSA) is 46.5 Å². The number of methoxy groups -OCH3 is 1. The molecule has 1 atom stereocenters. The molecular formula is C10H11FO3. The Morgan fingerprint density at radius 2 is 2.14 bits per heavy atom. The van der Waals surface area contributed by atoms with E-state index in [0.717, 1.165) is 0 Å². The number of hydrogen-bond acceptors (Lipinski definition) is 2. The van der Waals surface area contributed by atoms with Gasteiger partial charge in [-0.2, -0.15) is 0 Å². The highest BCUT2D eigenvalue weighted by atomic mass is 19.1. The largest absolute Gasteiger partial charge is 0.497 e. The summed E-state index contributed by atoms with van der Waals surface area (Å²) < 4.78 is 17.8. The zero-order valence-corrected chi connectivity index (χ0v) is 7.95. The molecule has 0 amide bonds. The quantitative estimate of drug-likeness (QED) is 0.808. The monoisotopic (exact) mass is 198 g/mol. The van der Waals surface area contributed by atoms with Crippen LogP contribution in [0.4, 0.5) is 4.39 Å². The van der Waals surface area contributed by atoms with E-state index in [1.165, 1.54) is 32.2 Å². The zero-order valence-electron chi connectivity index (χ0n) is 7.95. The van der Waals surface area contributed by atoms with Crippen molar-refractivity contribution in [3.63, 3.8) is 0 Å². The molecule has 1 unspecified atom stereocenters. The van der Waals surface area contributed by atoms with Gasteiger partial charge in [0.2, 0.25) is 0 Å². The van der Waals surface area contributed by atoms with Gasteiger partial charge in [-0.3, -0.25) is 4.79 Å². The van der Waals surface area contributed by atoms with Gasteiger partial charge in [0, 0.05) is 6.07 Å². The lowest BCUT2D eigenvalue weighted by Crippen LogP contribution is -2.07. The Morgan fingerprint density at radius 3 is 2.64 bits per heavy atom. The van der Waals surface area contributed by atoms with Gasteiger partial charge in [0.1, 0.15) is 11.6 Å². The first-order valence-electron chi connectivity index (χ1n) is 4.12. The van der Waals surface area contributed by atoms with Gasteiger partial charge < -0.3 is 9.84 Å². The number of rotatable bonds is 3. The number of ether oxygens (including phenoxy) is 1. The second-order valence-electron chi connectivity index (χ2n) is 2.98. The van der Waals surface area contributed by atoms with Crippen molar-refractivity contribution >= 4 is 5.97 Å². The van der Waals surface area contributed by atoms with Gasteiger partial charge in [-0.1, -0.05) is 0 Å². The number of carbonyl (C=O) groups is 1. The average molecular weight is 198 g/mol. The number of carboxylic acid groups (broad SMARTS) is 1. The molecule has 0 aliphatic carbocycles. The lowest BCUT2D eigenvalue weighted by Gasteiger charge is -2.08. The Kier molecular flexibility index (Phi) is 3.06. The van der Waals surface area contributed by atoms with Gasteiger partial charge in [0.25, 0.3) is 0 Å². The molecule has 1 rings (SSSR count). The van der Waals surface area contributed by atoms with Crippen LogP contribution < -0.4 is 4.74 Å². The molecule has 0 radical (unpaired) electrons. The zero-order chi connectivity index (χ0) is 10.7. The van der Waals surface area contributed by atoms with Crippen molar-refractivity contribution in [3.8, 4) is 5.75 Å².